The highest BCUT2D eigenvalue weighted by Crippen LogP contribution is 2.47. The van der Waals surface area contributed by atoms with Crippen LogP contribution in [-0.2, 0) is 0 Å². The summed E-state index contributed by atoms with van der Waals surface area (Å²) in [6, 6.07) is 70.9. The molecule has 9 aromatic heterocycles. The van der Waals surface area contributed by atoms with Crippen LogP contribution in [0.5, 0.6) is 0 Å². The van der Waals surface area contributed by atoms with E-state index in [4.69, 9.17) is 69.7 Å². The van der Waals surface area contributed by atoms with Crippen LogP contribution in [-0.4, -0.2) is 72.3 Å². The van der Waals surface area contributed by atoms with Crippen LogP contribution in [0.15, 0.2) is 466 Å². The highest BCUT2D eigenvalue weighted by molar-refractivity contribution is 6.27. The summed E-state index contributed by atoms with van der Waals surface area (Å²) < 4.78 is 297. The number of benzene rings is 19. The van der Waals surface area contributed by atoms with Crippen molar-refractivity contribution in [3.63, 3.8) is 0 Å². The molecule has 0 bridgehead atoms. The molecule has 0 N–H and O–H groups in total. The van der Waals surface area contributed by atoms with Crippen LogP contribution < -0.4 is 0 Å². The van der Waals surface area contributed by atoms with Gasteiger partial charge in [-0.15, -0.1) is 0 Å². The van der Waals surface area contributed by atoms with Crippen molar-refractivity contribution >= 4 is 131 Å². The summed E-state index contributed by atoms with van der Waals surface area (Å²) in [6.45, 7) is -0.268. The molecule has 15 heteroatoms. The van der Waals surface area contributed by atoms with Gasteiger partial charge in [-0.25, -0.2) is 15.0 Å². The van der Waals surface area contributed by atoms with E-state index in [1.807, 2.05) is 187 Å². The van der Waals surface area contributed by atoms with E-state index in [2.05, 4.69) is 121 Å². The molecule has 28 aromatic rings. The Morgan fingerprint density at radius 1 is 0.179 bits per heavy atom. The largest absolute Gasteiger partial charge is 0.307 e. The Hall–Kier alpha value is -19.0. The Balaban J connectivity index is 0.000000128. The lowest BCUT2D eigenvalue weighted by atomic mass is 10.00. The number of aromatic nitrogens is 15. The normalized spacial score (nSPS) is 15.1. The molecule has 0 unspecified atom stereocenters. The summed E-state index contributed by atoms with van der Waals surface area (Å²) in [5.41, 5.74) is 10.0. The average Bonchev–Trinajstić information content (AvgIpc) is 1.50. The first kappa shape index (κ1) is 54.4. The minimum absolute atomic E-state index is 0.0760. The summed E-state index contributed by atoms with van der Waals surface area (Å²) in [6.07, 6.45) is 0. The van der Waals surface area contributed by atoms with Crippen LogP contribution in [0, 0.1) is 13.8 Å². The summed E-state index contributed by atoms with van der Waals surface area (Å²) in [7, 11) is 0. The summed E-state index contributed by atoms with van der Waals surface area (Å²) in [5, 5.41) is 5.98. The fraction of sp³-hybridized carbons (Fsp3) is 0.0160. The molecule has 28 rings (SSSR count). The lowest BCUT2D eigenvalue weighted by Crippen LogP contribution is -2.07. The van der Waals surface area contributed by atoms with Gasteiger partial charge in [0, 0.05) is 119 Å². The number of fused-ring (bicyclic) bond motifs is 21. The molecule has 0 aliphatic rings. The minimum Gasteiger partial charge on any atom is -0.307 e. The molecule has 0 aliphatic carbocycles. The van der Waals surface area contributed by atoms with Crippen molar-refractivity contribution in [3.05, 3.63) is 478 Å². The molecular weight excluding hydrogens is 1710 g/mol. The molecule has 0 aliphatic heterocycles. The Labute approximate surface area is 850 Å². The number of hydrogen-bond acceptors (Lipinski definition) is 9. The Bertz CT molecular complexity index is 11600. The van der Waals surface area contributed by atoms with Gasteiger partial charge >= 0.3 is 0 Å². The maximum Gasteiger partial charge on any atom is 0.238 e. The van der Waals surface area contributed by atoms with E-state index in [0.717, 1.165) is 125 Å². The van der Waals surface area contributed by atoms with Crippen LogP contribution in [0.1, 0.15) is 56.4 Å². The molecular formula is C125H83N15. The predicted molar refractivity (Wildman–Crippen MR) is 573 cm³/mol. The fourth-order valence-corrected chi connectivity index (χ4v) is 18.8. The zero-order chi connectivity index (χ0) is 121. The molecule has 19 aromatic carbocycles. The molecule has 15 nitrogen and oxygen atoms in total. The maximum atomic E-state index is 9.53. The van der Waals surface area contributed by atoms with Gasteiger partial charge in [0.2, 0.25) is 17.8 Å². The second kappa shape index (κ2) is 34.2. The van der Waals surface area contributed by atoms with Crippen LogP contribution in [0.4, 0.5) is 0 Å². The number of nitrogens with zero attached hydrogens (tertiary/aromatic N) is 15. The predicted octanol–water partition coefficient (Wildman–Crippen LogP) is 30.5. The molecule has 0 fully saturated rings. The number of rotatable bonds is 13. The third kappa shape index (κ3) is 14.0. The minimum atomic E-state index is -2.19. The van der Waals surface area contributed by atoms with Crippen molar-refractivity contribution in [2.75, 3.05) is 0 Å². The highest BCUT2D eigenvalue weighted by atomic mass is 15.2. The van der Waals surface area contributed by atoms with Crippen LogP contribution in [0.25, 0.3) is 245 Å². The Morgan fingerprint density at radius 2 is 0.457 bits per heavy atom. The first-order valence-electron chi connectivity index (χ1n) is 60.9. The standard InChI is InChI=1S/C47H33N5.2C39H25N5/c1-30-27-31(2)29-35(28-30)32-21-23-34(24-22-32)46-48-45(33-13-5-3-6-14-33)49-47(50-46)52-42-20-12-10-18-38(42)40-26-25-39-37-17-9-11-19-41(37)51(43(39)44(40)52)36-15-7-4-8-16-36;2*1-4-14-26(15-5-1)37-40-38(27-16-6-2-7-17-27)42-39(41-37)44-34-23-13-11-21-30(34)32-25-24-31-29-20-10-12-22-33(29)43(35(31)36(32)44)28-18-8-3-9-19-28/h3-29H,1-2H3;2*1-25H/i1D3;1D,2D,3D,4D,5D,6D,7D,8D,9D,10D,11D,12D,13D,14D,15D,16D,17D,18D,19D,20D,21D,22D,23D,24D,25D;3D,8D,9D,18D,19D. The average molecular weight is 1830 g/mol. The van der Waals surface area contributed by atoms with Crippen molar-refractivity contribution in [1.29, 1.82) is 0 Å². The van der Waals surface area contributed by atoms with Gasteiger partial charge in [0.15, 0.2) is 34.9 Å². The van der Waals surface area contributed by atoms with E-state index in [1.165, 1.54) is 5.39 Å². The van der Waals surface area contributed by atoms with Gasteiger partial charge in [-0.3, -0.25) is 13.7 Å². The Kier molecular flexibility index (Phi) is 13.3. The molecule has 0 radical (unpaired) electrons. The summed E-state index contributed by atoms with van der Waals surface area (Å²) >= 11 is 0. The van der Waals surface area contributed by atoms with E-state index < -0.39 is 254 Å². The molecule has 9 heterocycles. The topological polar surface area (TPSA) is 146 Å². The maximum absolute atomic E-state index is 9.53. The quantitative estimate of drug-likeness (QED) is 0.110. The van der Waals surface area contributed by atoms with Crippen LogP contribution in [0.3, 0.4) is 0 Å². The summed E-state index contributed by atoms with van der Waals surface area (Å²) in [4.78, 5) is 43.8. The van der Waals surface area contributed by atoms with Crippen molar-refractivity contribution < 1.29 is 45.2 Å². The zero-order valence-electron chi connectivity index (χ0n) is 106. The van der Waals surface area contributed by atoms with E-state index in [-0.39, 0.29) is 17.8 Å². The van der Waals surface area contributed by atoms with Crippen molar-refractivity contribution in [1.82, 2.24) is 72.3 Å². The number of hydrogen-bond donors (Lipinski definition) is 0. The van der Waals surface area contributed by atoms with Gasteiger partial charge in [0.25, 0.3) is 0 Å². The first-order valence-corrected chi connectivity index (χ1v) is 44.4. The zero-order valence-corrected chi connectivity index (χ0v) is 73.3. The molecule has 0 saturated carbocycles. The second-order valence-electron chi connectivity index (χ2n) is 32.8. The SMILES string of the molecule is [2H]C([2H])([2H])c1cc(C)cc(-c2ccc(-c3nc(-c4ccccc4)nc(-n4c5ccccc5c5ccc6c7ccccc7n(-c7ccccc7)c6c54)n3)cc2)c1.[2H]c1c([2H])c([2H])c(-c2nc(-c3c([2H])c([2H])c([2H])c([2H])c3[2H])nc(-n3c4c([2H])c([2H])c([2H])c([2H])c4c4c([2H])c([2H])c5c6c([2H])c([2H])c([2H])c([2H])c6n(-c6c([2H])c([2H])c([2H])c([2H])c6[2H])c5c43)n2)c([2H])c1[2H].[2H]c1c([2H])c([2H])c(-n2c3ccccc3c3ccc4c5ccccc5n(-c5nc(-c6ccccc6)nc(-c6ccccc6)n5)c4c32)c([2H])c1[2H]. The number of aryl methyl sites for hydroxylation is 2. The third-order valence-corrected chi connectivity index (χ3v) is 24.7. The molecule has 0 amide bonds. The Morgan fingerprint density at radius 3 is 0.857 bits per heavy atom. The van der Waals surface area contributed by atoms with Crippen molar-refractivity contribution in [2.45, 2.75) is 13.8 Å². The fourth-order valence-electron chi connectivity index (χ4n) is 18.8. The highest BCUT2D eigenvalue weighted by Gasteiger charge is 2.29. The molecule has 658 valence electrons. The van der Waals surface area contributed by atoms with E-state index in [1.54, 1.807) is 16.7 Å². The lowest BCUT2D eigenvalue weighted by molar-refractivity contribution is 0.953. The first-order chi connectivity index (χ1) is 82.9. The van der Waals surface area contributed by atoms with E-state index in [9.17, 15) is 5.48 Å². The van der Waals surface area contributed by atoms with Crippen molar-refractivity contribution in [3.8, 4) is 114 Å². The van der Waals surface area contributed by atoms with Gasteiger partial charge < -0.3 is 13.7 Å². The summed E-state index contributed by atoms with van der Waals surface area (Å²) in [5.74, 6) is 0.468. The molecule has 0 saturated heterocycles. The van der Waals surface area contributed by atoms with Crippen LogP contribution >= 0.6 is 0 Å². The monoisotopic (exact) mass is 1830 g/mol. The number of para-hydroxylation sites is 9. The lowest BCUT2D eigenvalue weighted by Gasteiger charge is -2.13. The van der Waals surface area contributed by atoms with Gasteiger partial charge in [0.1, 0.15) is 0 Å². The molecule has 140 heavy (non-hydrogen) atoms. The smallest absolute Gasteiger partial charge is 0.238 e. The van der Waals surface area contributed by atoms with E-state index in [0.29, 0.717) is 51.8 Å². The third-order valence-electron chi connectivity index (χ3n) is 24.7. The van der Waals surface area contributed by atoms with Gasteiger partial charge in [-0.2, -0.15) is 29.9 Å². The second-order valence-corrected chi connectivity index (χ2v) is 32.8. The molecule has 0 atom stereocenters. The molecule has 0 spiro atoms. The van der Waals surface area contributed by atoms with Crippen LogP contribution in [0.2, 0.25) is 0 Å². The van der Waals surface area contributed by atoms with Crippen molar-refractivity contribution in [2.24, 2.45) is 0 Å². The van der Waals surface area contributed by atoms with E-state index >= 15 is 0 Å². The van der Waals surface area contributed by atoms with Gasteiger partial charge in [-0.05, 0) is 97.6 Å². The van der Waals surface area contributed by atoms with Gasteiger partial charge in [-0.1, -0.05) is 405 Å². The van der Waals surface area contributed by atoms with Gasteiger partial charge in [0.05, 0.1) is 107 Å².